The second kappa shape index (κ2) is 9.90. The SMILES string of the molecule is CCOC(=O)[C@@H]1COC(=O)N1C1CCN(C(=O)CSc2nnc(-c3cccs3)n2C)CC1. The van der Waals surface area contributed by atoms with Gasteiger partial charge in [0.1, 0.15) is 6.61 Å². The molecule has 4 heterocycles. The molecule has 0 saturated carbocycles. The van der Waals surface area contributed by atoms with Crippen molar-refractivity contribution < 1.29 is 23.9 Å². The number of rotatable bonds is 7. The molecule has 2 aliphatic rings. The minimum Gasteiger partial charge on any atom is -0.464 e. The van der Waals surface area contributed by atoms with E-state index in [9.17, 15) is 14.4 Å². The molecule has 2 fully saturated rings. The van der Waals surface area contributed by atoms with E-state index in [0.29, 0.717) is 31.1 Å². The van der Waals surface area contributed by atoms with E-state index in [2.05, 4.69) is 10.2 Å². The molecule has 0 N–H and O–H groups in total. The van der Waals surface area contributed by atoms with Crippen LogP contribution in [0.25, 0.3) is 10.7 Å². The molecule has 10 nitrogen and oxygen atoms in total. The first kappa shape index (κ1) is 22.6. The van der Waals surface area contributed by atoms with Crippen molar-refractivity contribution in [3.05, 3.63) is 17.5 Å². The second-order valence-corrected chi connectivity index (χ2v) is 9.39. The summed E-state index contributed by atoms with van der Waals surface area (Å²) < 4.78 is 12.1. The minimum absolute atomic E-state index is 0.0125. The highest BCUT2D eigenvalue weighted by Crippen LogP contribution is 2.27. The average Bonchev–Trinajstić information content (AvgIpc) is 3.53. The number of ether oxygens (including phenoxy) is 2. The first-order valence-corrected chi connectivity index (χ1v) is 12.3. The number of piperidine rings is 1. The minimum atomic E-state index is -0.710. The number of cyclic esters (lactones) is 1. The first-order valence-electron chi connectivity index (χ1n) is 10.4. The monoisotopic (exact) mass is 479 g/mol. The lowest BCUT2D eigenvalue weighted by atomic mass is 10.0. The number of thiophene rings is 1. The third-order valence-corrected chi connectivity index (χ3v) is 7.45. The van der Waals surface area contributed by atoms with E-state index in [1.54, 1.807) is 23.2 Å². The Balaban J connectivity index is 1.29. The van der Waals surface area contributed by atoms with Gasteiger partial charge in [0.25, 0.3) is 0 Å². The molecule has 2 aliphatic heterocycles. The number of carbonyl (C=O) groups excluding carboxylic acids is 3. The van der Waals surface area contributed by atoms with Gasteiger partial charge in [0.05, 0.1) is 17.2 Å². The van der Waals surface area contributed by atoms with Crippen LogP contribution in [0.3, 0.4) is 0 Å². The van der Waals surface area contributed by atoms with Crippen molar-refractivity contribution in [1.82, 2.24) is 24.6 Å². The Morgan fingerprint density at radius 1 is 1.31 bits per heavy atom. The zero-order valence-electron chi connectivity index (χ0n) is 17.9. The van der Waals surface area contributed by atoms with Crippen molar-refractivity contribution in [3.63, 3.8) is 0 Å². The van der Waals surface area contributed by atoms with Crippen molar-refractivity contribution in [2.75, 3.05) is 32.1 Å². The summed E-state index contributed by atoms with van der Waals surface area (Å²) >= 11 is 2.95. The molecule has 0 unspecified atom stereocenters. The van der Waals surface area contributed by atoms with Crippen LogP contribution in [-0.2, 0) is 26.1 Å². The predicted octanol–water partition coefficient (Wildman–Crippen LogP) is 2.01. The average molecular weight is 480 g/mol. The normalized spacial score (nSPS) is 19.3. The fraction of sp³-hybridized carbons (Fsp3) is 0.550. The molecule has 0 spiro atoms. The Bertz CT molecular complexity index is 971. The van der Waals surface area contributed by atoms with Gasteiger partial charge in [-0.05, 0) is 31.2 Å². The zero-order valence-corrected chi connectivity index (χ0v) is 19.6. The van der Waals surface area contributed by atoms with Gasteiger partial charge in [0, 0.05) is 26.2 Å². The van der Waals surface area contributed by atoms with Gasteiger partial charge < -0.3 is 18.9 Å². The highest BCUT2D eigenvalue weighted by Gasteiger charge is 2.44. The Hall–Kier alpha value is -2.60. The van der Waals surface area contributed by atoms with Crippen LogP contribution in [0.2, 0.25) is 0 Å². The molecule has 0 aromatic carbocycles. The Morgan fingerprint density at radius 2 is 2.09 bits per heavy atom. The van der Waals surface area contributed by atoms with Crippen LogP contribution in [0.15, 0.2) is 22.7 Å². The summed E-state index contributed by atoms with van der Waals surface area (Å²) in [5.74, 6) is 0.612. The van der Waals surface area contributed by atoms with Crippen LogP contribution < -0.4 is 0 Å². The quantitative estimate of drug-likeness (QED) is 0.439. The maximum atomic E-state index is 12.7. The smallest absolute Gasteiger partial charge is 0.410 e. The molecule has 2 saturated heterocycles. The summed E-state index contributed by atoms with van der Waals surface area (Å²) in [6, 6.07) is 3.09. The predicted molar refractivity (Wildman–Crippen MR) is 118 cm³/mol. The topological polar surface area (TPSA) is 107 Å². The van der Waals surface area contributed by atoms with Crippen molar-refractivity contribution >= 4 is 41.1 Å². The molecule has 172 valence electrons. The number of aromatic nitrogens is 3. The van der Waals surface area contributed by atoms with E-state index >= 15 is 0 Å². The van der Waals surface area contributed by atoms with Gasteiger partial charge >= 0.3 is 12.1 Å². The fourth-order valence-corrected chi connectivity index (χ4v) is 5.49. The Labute approximate surface area is 193 Å². The molecule has 2 aromatic heterocycles. The number of amides is 2. The van der Waals surface area contributed by atoms with Gasteiger partial charge in [-0.15, -0.1) is 21.5 Å². The van der Waals surface area contributed by atoms with Crippen LogP contribution in [0.5, 0.6) is 0 Å². The molecule has 32 heavy (non-hydrogen) atoms. The van der Waals surface area contributed by atoms with Gasteiger partial charge in [0.15, 0.2) is 17.0 Å². The van der Waals surface area contributed by atoms with E-state index in [4.69, 9.17) is 9.47 Å². The van der Waals surface area contributed by atoms with Gasteiger partial charge in [-0.2, -0.15) is 0 Å². The van der Waals surface area contributed by atoms with Crippen LogP contribution in [0.1, 0.15) is 19.8 Å². The van der Waals surface area contributed by atoms with E-state index in [0.717, 1.165) is 10.7 Å². The number of esters is 1. The van der Waals surface area contributed by atoms with Crippen LogP contribution in [0.4, 0.5) is 4.79 Å². The van der Waals surface area contributed by atoms with Crippen molar-refractivity contribution in [3.8, 4) is 10.7 Å². The molecule has 2 amide bonds. The lowest BCUT2D eigenvalue weighted by Gasteiger charge is -2.37. The summed E-state index contributed by atoms with van der Waals surface area (Å²) in [6.45, 7) is 3.03. The molecule has 1 atom stereocenters. The number of carbonyl (C=O) groups is 3. The zero-order chi connectivity index (χ0) is 22.7. The third kappa shape index (κ3) is 4.60. The first-order chi connectivity index (χ1) is 15.5. The third-order valence-electron chi connectivity index (χ3n) is 5.58. The molecule has 0 radical (unpaired) electrons. The lowest BCUT2D eigenvalue weighted by molar-refractivity contribution is -0.148. The molecule has 0 bridgehead atoms. The van der Waals surface area contributed by atoms with E-state index in [-0.39, 0.29) is 30.9 Å². The summed E-state index contributed by atoms with van der Waals surface area (Å²) in [7, 11) is 1.89. The number of hydrogen-bond donors (Lipinski definition) is 0. The second-order valence-electron chi connectivity index (χ2n) is 7.50. The molecule has 2 aromatic rings. The lowest BCUT2D eigenvalue weighted by Crippen LogP contribution is -2.52. The van der Waals surface area contributed by atoms with Crippen LogP contribution in [0, 0.1) is 0 Å². The number of hydrogen-bond acceptors (Lipinski definition) is 9. The number of thioether (sulfide) groups is 1. The van der Waals surface area contributed by atoms with E-state index in [1.807, 2.05) is 29.1 Å². The highest BCUT2D eigenvalue weighted by molar-refractivity contribution is 7.99. The Morgan fingerprint density at radius 3 is 2.78 bits per heavy atom. The summed E-state index contributed by atoms with van der Waals surface area (Å²) in [4.78, 5) is 41.4. The highest BCUT2D eigenvalue weighted by atomic mass is 32.2. The van der Waals surface area contributed by atoms with Crippen molar-refractivity contribution in [1.29, 1.82) is 0 Å². The van der Waals surface area contributed by atoms with E-state index in [1.165, 1.54) is 16.7 Å². The van der Waals surface area contributed by atoms with Gasteiger partial charge in [-0.3, -0.25) is 9.69 Å². The van der Waals surface area contributed by atoms with Gasteiger partial charge in [0.2, 0.25) is 5.91 Å². The van der Waals surface area contributed by atoms with Crippen molar-refractivity contribution in [2.45, 2.75) is 37.0 Å². The maximum absolute atomic E-state index is 12.7. The summed E-state index contributed by atoms with van der Waals surface area (Å²) in [5.41, 5.74) is 0. The molecule has 0 aliphatic carbocycles. The standard InChI is InChI=1S/C20H25N5O5S2/c1-3-29-18(27)14-11-30-20(28)25(14)13-6-8-24(9-7-13)16(26)12-32-19-22-21-17(23(19)2)15-5-4-10-31-15/h4-5,10,13-14H,3,6-9,11-12H2,1-2H3/t14-/m0/s1. The molecular formula is C20H25N5O5S2. The molecule has 4 rings (SSSR count). The van der Waals surface area contributed by atoms with Crippen LogP contribution >= 0.6 is 23.1 Å². The van der Waals surface area contributed by atoms with Crippen molar-refractivity contribution in [2.24, 2.45) is 7.05 Å². The molecular weight excluding hydrogens is 454 g/mol. The summed E-state index contributed by atoms with van der Waals surface area (Å²) in [5, 5.41) is 11.1. The Kier molecular flexibility index (Phi) is 6.99. The summed E-state index contributed by atoms with van der Waals surface area (Å²) in [6.07, 6.45) is 0.689. The fourth-order valence-electron chi connectivity index (χ4n) is 3.93. The van der Waals surface area contributed by atoms with Gasteiger partial charge in [-0.25, -0.2) is 9.59 Å². The van der Waals surface area contributed by atoms with Gasteiger partial charge in [-0.1, -0.05) is 17.8 Å². The number of nitrogens with zero attached hydrogens (tertiary/aromatic N) is 5. The van der Waals surface area contributed by atoms with E-state index < -0.39 is 18.1 Å². The van der Waals surface area contributed by atoms with Crippen LogP contribution in [-0.4, -0.2) is 86.7 Å². The maximum Gasteiger partial charge on any atom is 0.410 e. The number of likely N-dealkylation sites (tertiary alicyclic amines) is 1. The molecule has 12 heteroatoms. The largest absolute Gasteiger partial charge is 0.464 e.